The standard InChI is InChI=1S/C19H26N6O.C5H12/c1-5-6-14(18(23)26)9-16(22)15(10-21)13(3)19-24-17(11-25(19)4)12(2)7-8-20;1-4-5(2)3/h6-11,20-21H,5,22H2,1-4H3,(H2,23,26);5H,4H2,1-3H3/b12-7+,14-6-,15-13+,16-9+,20-8?,21-10?;. The van der Waals surface area contributed by atoms with Crippen molar-refractivity contribution in [3.05, 3.63) is 52.8 Å². The van der Waals surface area contributed by atoms with E-state index in [4.69, 9.17) is 22.3 Å². The number of hydrogen-bond acceptors (Lipinski definition) is 5. The van der Waals surface area contributed by atoms with Gasteiger partial charge in [0.25, 0.3) is 0 Å². The van der Waals surface area contributed by atoms with Crippen LogP contribution in [0, 0.1) is 16.7 Å². The lowest BCUT2D eigenvalue weighted by Gasteiger charge is -2.09. The predicted molar refractivity (Wildman–Crippen MR) is 132 cm³/mol. The molecule has 0 spiro atoms. The molecule has 1 aromatic heterocycles. The van der Waals surface area contributed by atoms with E-state index in [1.54, 1.807) is 12.2 Å². The minimum absolute atomic E-state index is 0.271. The van der Waals surface area contributed by atoms with E-state index in [9.17, 15) is 4.79 Å². The number of rotatable bonds is 9. The van der Waals surface area contributed by atoms with Gasteiger partial charge in [-0.1, -0.05) is 40.2 Å². The highest BCUT2D eigenvalue weighted by atomic mass is 16.1. The molecule has 0 aromatic carbocycles. The number of allylic oxidation sites excluding steroid dienone is 5. The lowest BCUT2D eigenvalue weighted by Crippen LogP contribution is -2.15. The highest BCUT2D eigenvalue weighted by Gasteiger charge is 2.14. The monoisotopic (exact) mass is 426 g/mol. The zero-order chi connectivity index (χ0) is 24.1. The van der Waals surface area contributed by atoms with E-state index in [1.807, 2.05) is 38.6 Å². The molecule has 0 fully saturated rings. The van der Waals surface area contributed by atoms with Gasteiger partial charge in [0.1, 0.15) is 5.82 Å². The Labute approximate surface area is 186 Å². The normalized spacial score (nSPS) is 13.4. The number of primary amides is 1. The quantitative estimate of drug-likeness (QED) is 0.261. The van der Waals surface area contributed by atoms with Crippen LogP contribution in [-0.2, 0) is 11.8 Å². The maximum absolute atomic E-state index is 11.5. The number of nitrogens with two attached hydrogens (primary N) is 2. The van der Waals surface area contributed by atoms with Crippen LogP contribution >= 0.6 is 0 Å². The Morgan fingerprint density at radius 3 is 2.23 bits per heavy atom. The first-order valence-corrected chi connectivity index (χ1v) is 10.4. The van der Waals surface area contributed by atoms with Crippen molar-refractivity contribution in [3.63, 3.8) is 0 Å². The Hall–Kier alpha value is -3.22. The zero-order valence-corrected chi connectivity index (χ0v) is 19.9. The molecule has 31 heavy (non-hydrogen) atoms. The van der Waals surface area contributed by atoms with Crippen molar-refractivity contribution in [2.45, 2.75) is 54.4 Å². The lowest BCUT2D eigenvalue weighted by atomic mass is 10.0. The molecule has 0 aliphatic rings. The van der Waals surface area contributed by atoms with Crippen LogP contribution in [0.3, 0.4) is 0 Å². The Balaban J connectivity index is 0.00000161. The fraction of sp³-hybridized carbons (Fsp3) is 0.417. The van der Waals surface area contributed by atoms with Crippen LogP contribution in [0.4, 0.5) is 0 Å². The Morgan fingerprint density at radius 2 is 1.81 bits per heavy atom. The average Bonchev–Trinajstić information content (AvgIpc) is 3.10. The van der Waals surface area contributed by atoms with Crippen molar-refractivity contribution in [3.8, 4) is 0 Å². The van der Waals surface area contributed by atoms with E-state index in [2.05, 4.69) is 25.8 Å². The van der Waals surface area contributed by atoms with Crippen LogP contribution in [0.5, 0.6) is 0 Å². The van der Waals surface area contributed by atoms with Gasteiger partial charge in [-0.05, 0) is 43.9 Å². The molecular formula is C24H38N6O. The number of carbonyl (C=O) groups excluding carboxylic acids is 1. The minimum Gasteiger partial charge on any atom is -0.398 e. The predicted octanol–water partition coefficient (Wildman–Crippen LogP) is 4.61. The van der Waals surface area contributed by atoms with Crippen molar-refractivity contribution in [2.75, 3.05) is 0 Å². The third-order valence-electron chi connectivity index (χ3n) is 4.64. The largest absolute Gasteiger partial charge is 0.398 e. The lowest BCUT2D eigenvalue weighted by molar-refractivity contribution is -0.114. The van der Waals surface area contributed by atoms with Gasteiger partial charge in [-0.2, -0.15) is 0 Å². The van der Waals surface area contributed by atoms with Gasteiger partial charge < -0.3 is 26.9 Å². The zero-order valence-electron chi connectivity index (χ0n) is 19.9. The molecule has 0 radical (unpaired) electrons. The SMILES string of the molecule is CC/C=C(/C=C(N)\C(C=N)=C(/C)c1nc(/C(C)=C/C=N)cn1C)C(N)=O.CCC(C)C. The van der Waals surface area contributed by atoms with Crippen LogP contribution in [0.15, 0.2) is 41.3 Å². The van der Waals surface area contributed by atoms with Crippen LogP contribution in [0.1, 0.15) is 65.9 Å². The third-order valence-corrected chi connectivity index (χ3v) is 4.64. The van der Waals surface area contributed by atoms with Crippen molar-refractivity contribution in [2.24, 2.45) is 24.4 Å². The van der Waals surface area contributed by atoms with E-state index in [1.165, 1.54) is 18.7 Å². The maximum atomic E-state index is 11.5. The summed E-state index contributed by atoms with van der Waals surface area (Å²) in [6.07, 6.45) is 11.0. The third kappa shape index (κ3) is 8.99. The Morgan fingerprint density at radius 1 is 1.23 bits per heavy atom. The molecule has 1 heterocycles. The number of hydrogen-bond donors (Lipinski definition) is 4. The Kier molecular flexibility index (Phi) is 12.5. The molecule has 0 unspecified atom stereocenters. The summed E-state index contributed by atoms with van der Waals surface area (Å²) in [4.78, 5) is 16.1. The van der Waals surface area contributed by atoms with Gasteiger partial charge in [0.15, 0.2) is 0 Å². The first-order valence-electron chi connectivity index (χ1n) is 10.4. The second-order valence-corrected chi connectivity index (χ2v) is 7.59. The van der Waals surface area contributed by atoms with Crippen molar-refractivity contribution >= 4 is 29.5 Å². The van der Waals surface area contributed by atoms with E-state index < -0.39 is 5.91 Å². The van der Waals surface area contributed by atoms with Crippen LogP contribution < -0.4 is 11.5 Å². The molecular weight excluding hydrogens is 388 g/mol. The molecule has 0 bridgehead atoms. The molecule has 0 aliphatic carbocycles. The van der Waals surface area contributed by atoms with Crippen LogP contribution in [0.2, 0.25) is 0 Å². The van der Waals surface area contributed by atoms with E-state index in [0.29, 0.717) is 29.0 Å². The number of imidazole rings is 1. The second-order valence-electron chi connectivity index (χ2n) is 7.59. The van der Waals surface area contributed by atoms with Gasteiger partial charge in [-0.15, -0.1) is 0 Å². The van der Waals surface area contributed by atoms with Crippen LogP contribution in [0.25, 0.3) is 11.1 Å². The highest BCUT2D eigenvalue weighted by Crippen LogP contribution is 2.22. The van der Waals surface area contributed by atoms with Crippen molar-refractivity contribution < 1.29 is 4.79 Å². The maximum Gasteiger partial charge on any atom is 0.248 e. The van der Waals surface area contributed by atoms with E-state index >= 15 is 0 Å². The number of aromatic nitrogens is 2. The summed E-state index contributed by atoms with van der Waals surface area (Å²) in [5, 5.41) is 14.9. The molecule has 1 rings (SSSR count). The molecule has 0 atom stereocenters. The molecule has 1 aromatic rings. The second kappa shape index (κ2) is 13.9. The topological polar surface area (TPSA) is 135 Å². The van der Waals surface area contributed by atoms with Crippen molar-refractivity contribution in [1.82, 2.24) is 9.55 Å². The average molecular weight is 427 g/mol. The van der Waals surface area contributed by atoms with E-state index in [-0.39, 0.29) is 5.70 Å². The molecule has 7 nitrogen and oxygen atoms in total. The molecule has 1 amide bonds. The van der Waals surface area contributed by atoms with Crippen LogP contribution in [-0.4, -0.2) is 27.9 Å². The number of carbonyl (C=O) groups is 1. The summed E-state index contributed by atoms with van der Waals surface area (Å²) in [6, 6.07) is 0. The summed E-state index contributed by atoms with van der Waals surface area (Å²) in [5.74, 6) is 0.964. The number of nitrogens with zero attached hydrogens (tertiary/aromatic N) is 2. The molecule has 0 saturated heterocycles. The molecule has 0 saturated carbocycles. The number of nitrogens with one attached hydrogen (secondary N) is 2. The number of amides is 1. The van der Waals surface area contributed by atoms with Gasteiger partial charge in [0.05, 0.1) is 5.69 Å². The van der Waals surface area contributed by atoms with Gasteiger partial charge in [0, 0.05) is 48.1 Å². The summed E-state index contributed by atoms with van der Waals surface area (Å²) in [7, 11) is 1.85. The highest BCUT2D eigenvalue weighted by molar-refractivity contribution is 5.97. The number of aryl methyl sites for hydroxylation is 1. The van der Waals surface area contributed by atoms with Gasteiger partial charge in [0.2, 0.25) is 5.91 Å². The molecule has 7 heteroatoms. The van der Waals surface area contributed by atoms with Gasteiger partial charge >= 0.3 is 0 Å². The smallest absolute Gasteiger partial charge is 0.248 e. The first-order chi connectivity index (χ1) is 14.5. The van der Waals surface area contributed by atoms with Crippen molar-refractivity contribution in [1.29, 1.82) is 10.8 Å². The minimum atomic E-state index is -0.566. The molecule has 6 N–H and O–H groups in total. The summed E-state index contributed by atoms with van der Waals surface area (Å²) in [5.41, 5.74) is 14.8. The summed E-state index contributed by atoms with van der Waals surface area (Å²) < 4.78 is 1.83. The fourth-order valence-electron chi connectivity index (χ4n) is 2.44. The van der Waals surface area contributed by atoms with Gasteiger partial charge in [-0.25, -0.2) is 4.98 Å². The fourth-order valence-corrected chi connectivity index (χ4v) is 2.44. The molecule has 170 valence electrons. The summed E-state index contributed by atoms with van der Waals surface area (Å²) >= 11 is 0. The summed E-state index contributed by atoms with van der Waals surface area (Å²) in [6.45, 7) is 12.2. The molecule has 0 aliphatic heterocycles. The first kappa shape index (κ1) is 27.8. The van der Waals surface area contributed by atoms with Gasteiger partial charge in [-0.3, -0.25) is 4.79 Å². The van der Waals surface area contributed by atoms with E-state index in [0.717, 1.165) is 23.4 Å². The Bertz CT molecular complexity index is 897.